The number of nitrogens with one attached hydrogen (secondary N) is 1. The second-order valence-electron chi connectivity index (χ2n) is 6.75. The number of rotatable bonds is 4. The minimum absolute atomic E-state index is 0.112. The minimum Gasteiger partial charge on any atom is -0.428 e. The van der Waals surface area contributed by atoms with E-state index in [1.807, 2.05) is 0 Å². The second kappa shape index (κ2) is 8.29. The fourth-order valence-electron chi connectivity index (χ4n) is 3.07. The van der Waals surface area contributed by atoms with Crippen molar-refractivity contribution in [1.82, 2.24) is 19.1 Å². The van der Waals surface area contributed by atoms with Crippen LogP contribution in [0.15, 0.2) is 40.2 Å². The molecule has 1 saturated heterocycles. The van der Waals surface area contributed by atoms with Gasteiger partial charge in [-0.3, -0.25) is 9.36 Å². The Morgan fingerprint density at radius 1 is 1.18 bits per heavy atom. The first kappa shape index (κ1) is 20.3. The van der Waals surface area contributed by atoms with E-state index in [1.165, 1.54) is 26.0 Å². The summed E-state index contributed by atoms with van der Waals surface area (Å²) in [6.45, 7) is 1.94. The van der Waals surface area contributed by atoms with Crippen molar-refractivity contribution in [2.45, 2.75) is 18.0 Å². The van der Waals surface area contributed by atoms with Gasteiger partial charge in [-0.25, -0.2) is 13.2 Å². The van der Waals surface area contributed by atoms with E-state index in [1.54, 1.807) is 32.3 Å². The topological polar surface area (TPSA) is 101 Å². The molecule has 2 aromatic rings. The molecule has 0 bridgehead atoms. The number of benzene rings is 1. The Labute approximate surface area is 163 Å². The van der Waals surface area contributed by atoms with Gasteiger partial charge in [0.2, 0.25) is 10.0 Å². The molecule has 1 aromatic carbocycles. The molecule has 10 heteroatoms. The molecule has 1 aliphatic heterocycles. The van der Waals surface area contributed by atoms with Crippen molar-refractivity contribution in [3.05, 3.63) is 40.8 Å². The van der Waals surface area contributed by atoms with E-state index in [9.17, 15) is 18.0 Å². The Hall–Kier alpha value is -2.43. The first-order chi connectivity index (χ1) is 13.3. The summed E-state index contributed by atoms with van der Waals surface area (Å²) in [5.74, 6) is 0. The van der Waals surface area contributed by atoms with Crippen LogP contribution in [-0.2, 0) is 21.5 Å². The summed E-state index contributed by atoms with van der Waals surface area (Å²) < 4.78 is 34.0. The van der Waals surface area contributed by atoms with E-state index in [0.29, 0.717) is 25.0 Å². The highest BCUT2D eigenvalue weighted by atomic mass is 32.2. The zero-order chi connectivity index (χ0) is 20.3. The lowest BCUT2D eigenvalue weighted by atomic mass is 10.2. The number of sulfonamides is 1. The van der Waals surface area contributed by atoms with Gasteiger partial charge >= 0.3 is 6.09 Å². The van der Waals surface area contributed by atoms with E-state index in [4.69, 9.17) is 4.74 Å². The molecule has 1 amide bonds. The van der Waals surface area contributed by atoms with E-state index in [2.05, 4.69) is 5.32 Å². The van der Waals surface area contributed by atoms with Crippen molar-refractivity contribution >= 4 is 26.9 Å². The van der Waals surface area contributed by atoms with E-state index < -0.39 is 21.7 Å². The number of fused-ring (bicyclic) bond motifs is 1. The van der Waals surface area contributed by atoms with E-state index in [0.717, 1.165) is 13.0 Å². The molecule has 0 radical (unpaired) electrons. The number of aromatic nitrogens is 1. The maximum Gasteiger partial charge on any atom is 0.410 e. The summed E-state index contributed by atoms with van der Waals surface area (Å²) in [4.78, 5) is 25.7. The van der Waals surface area contributed by atoms with Gasteiger partial charge in [-0.1, -0.05) is 6.07 Å². The smallest absolute Gasteiger partial charge is 0.410 e. The number of amides is 1. The van der Waals surface area contributed by atoms with Crippen molar-refractivity contribution in [2.24, 2.45) is 0 Å². The van der Waals surface area contributed by atoms with Crippen LogP contribution in [0.2, 0.25) is 0 Å². The van der Waals surface area contributed by atoms with Gasteiger partial charge in [0.25, 0.3) is 5.56 Å². The van der Waals surface area contributed by atoms with Crippen molar-refractivity contribution in [1.29, 1.82) is 0 Å². The number of carbonyl (C=O) groups is 1. The minimum atomic E-state index is -3.73. The molecule has 28 heavy (non-hydrogen) atoms. The van der Waals surface area contributed by atoms with Gasteiger partial charge in [0.15, 0.2) is 6.73 Å². The number of hydrogen-bond acceptors (Lipinski definition) is 6. The normalized spacial score (nSPS) is 15.9. The number of hydrogen-bond donors (Lipinski definition) is 1. The summed E-state index contributed by atoms with van der Waals surface area (Å²) in [6, 6.07) is 6.23. The molecule has 0 spiro atoms. The Morgan fingerprint density at radius 2 is 1.96 bits per heavy atom. The number of carbonyl (C=O) groups excluding carboxylic acids is 1. The molecule has 152 valence electrons. The maximum atomic E-state index is 13.2. The fourth-order valence-corrected chi connectivity index (χ4v) is 4.76. The van der Waals surface area contributed by atoms with E-state index >= 15 is 0 Å². The van der Waals surface area contributed by atoms with E-state index in [-0.39, 0.29) is 17.0 Å². The molecule has 0 atom stereocenters. The number of ether oxygens (including phenoxy) is 1. The van der Waals surface area contributed by atoms with Crippen LogP contribution in [0, 0.1) is 0 Å². The van der Waals surface area contributed by atoms with Crippen LogP contribution in [0.5, 0.6) is 0 Å². The molecular formula is C18H24N4O5S. The molecule has 1 fully saturated rings. The third-order valence-electron chi connectivity index (χ3n) is 4.59. The van der Waals surface area contributed by atoms with Crippen LogP contribution in [0.25, 0.3) is 10.8 Å². The van der Waals surface area contributed by atoms with Gasteiger partial charge in [-0.05, 0) is 31.2 Å². The summed E-state index contributed by atoms with van der Waals surface area (Å²) >= 11 is 0. The predicted octanol–water partition coefficient (Wildman–Crippen LogP) is 0.641. The molecular weight excluding hydrogens is 384 g/mol. The quantitative estimate of drug-likeness (QED) is 0.797. The van der Waals surface area contributed by atoms with Crippen LogP contribution in [0.3, 0.4) is 0 Å². The molecule has 2 heterocycles. The second-order valence-corrected chi connectivity index (χ2v) is 8.66. The Bertz CT molecular complexity index is 1020. The largest absolute Gasteiger partial charge is 0.428 e. The van der Waals surface area contributed by atoms with Crippen molar-refractivity contribution in [3.8, 4) is 0 Å². The predicted molar refractivity (Wildman–Crippen MR) is 105 cm³/mol. The molecule has 9 nitrogen and oxygen atoms in total. The monoisotopic (exact) mass is 408 g/mol. The SMILES string of the molecule is CN(C)C(=O)OCn1ccc2c(S(=O)(=O)N3CCCNCC3)cccc2c1=O. The molecule has 0 aliphatic carbocycles. The van der Waals surface area contributed by atoms with Crippen LogP contribution in [0.4, 0.5) is 4.79 Å². The Morgan fingerprint density at radius 3 is 2.71 bits per heavy atom. The Balaban J connectivity index is 1.98. The zero-order valence-electron chi connectivity index (χ0n) is 15.9. The highest BCUT2D eigenvalue weighted by molar-refractivity contribution is 7.89. The molecule has 1 aliphatic rings. The van der Waals surface area contributed by atoms with Crippen molar-refractivity contribution in [2.75, 3.05) is 40.3 Å². The summed E-state index contributed by atoms with van der Waals surface area (Å²) in [6.07, 6.45) is 1.60. The Kier molecular flexibility index (Phi) is 6.01. The van der Waals surface area contributed by atoms with Crippen molar-refractivity contribution < 1.29 is 17.9 Å². The fraction of sp³-hybridized carbons (Fsp3) is 0.444. The lowest BCUT2D eigenvalue weighted by Gasteiger charge is -2.20. The summed E-state index contributed by atoms with van der Waals surface area (Å²) in [7, 11) is -0.640. The highest BCUT2D eigenvalue weighted by Crippen LogP contribution is 2.24. The third kappa shape index (κ3) is 4.03. The molecule has 0 saturated carbocycles. The van der Waals surface area contributed by atoms with Crippen molar-refractivity contribution in [3.63, 3.8) is 0 Å². The van der Waals surface area contributed by atoms with Gasteiger partial charge in [-0.15, -0.1) is 0 Å². The first-order valence-corrected chi connectivity index (χ1v) is 10.4. The summed E-state index contributed by atoms with van der Waals surface area (Å²) in [5, 5.41) is 3.80. The highest BCUT2D eigenvalue weighted by Gasteiger charge is 2.27. The van der Waals surface area contributed by atoms with Gasteiger partial charge in [-0.2, -0.15) is 4.31 Å². The molecule has 1 N–H and O–H groups in total. The van der Waals surface area contributed by atoms with Gasteiger partial charge < -0.3 is 15.0 Å². The molecule has 1 aromatic heterocycles. The average Bonchev–Trinajstić information content (AvgIpc) is 2.97. The zero-order valence-corrected chi connectivity index (χ0v) is 16.7. The molecule has 3 rings (SSSR count). The average molecular weight is 408 g/mol. The lowest BCUT2D eigenvalue weighted by molar-refractivity contribution is 0.0878. The number of nitrogens with zero attached hydrogens (tertiary/aromatic N) is 3. The van der Waals surface area contributed by atoms with Gasteiger partial charge in [0.1, 0.15) is 0 Å². The lowest BCUT2D eigenvalue weighted by Crippen LogP contribution is -2.34. The maximum absolute atomic E-state index is 13.2. The van der Waals surface area contributed by atoms with Gasteiger partial charge in [0, 0.05) is 50.7 Å². The standard InChI is InChI=1S/C18H24N4O5S/c1-20(2)18(24)27-13-21-11-7-14-15(17(21)23)5-3-6-16(14)28(25,26)22-10-4-8-19-9-12-22/h3,5-7,11,19H,4,8-10,12-13H2,1-2H3. The van der Waals surface area contributed by atoms with Crippen LogP contribution in [-0.4, -0.2) is 68.6 Å². The van der Waals surface area contributed by atoms with Crippen LogP contribution < -0.4 is 10.9 Å². The molecule has 0 unspecified atom stereocenters. The van der Waals surface area contributed by atoms with Crippen LogP contribution >= 0.6 is 0 Å². The summed E-state index contributed by atoms with van der Waals surface area (Å²) in [5.41, 5.74) is -0.418. The first-order valence-electron chi connectivity index (χ1n) is 8.99. The number of pyridine rings is 1. The van der Waals surface area contributed by atoms with Gasteiger partial charge in [0.05, 0.1) is 4.90 Å². The van der Waals surface area contributed by atoms with Crippen LogP contribution in [0.1, 0.15) is 6.42 Å². The third-order valence-corrected chi connectivity index (χ3v) is 6.54.